The van der Waals surface area contributed by atoms with Crippen LogP contribution in [0.15, 0.2) is 12.1 Å². The van der Waals surface area contributed by atoms with E-state index in [2.05, 4.69) is 38.2 Å². The highest BCUT2D eigenvalue weighted by atomic mass is 16.2. The van der Waals surface area contributed by atoms with E-state index in [4.69, 9.17) is 5.73 Å². The lowest BCUT2D eigenvalue weighted by Gasteiger charge is -2.13. The number of hydrogen-bond donors (Lipinski definition) is 2. The van der Waals surface area contributed by atoms with E-state index in [9.17, 15) is 4.79 Å². The van der Waals surface area contributed by atoms with Gasteiger partial charge in [0, 0.05) is 6.54 Å². The van der Waals surface area contributed by atoms with Gasteiger partial charge in [0.2, 0.25) is 5.91 Å². The Labute approximate surface area is 97.0 Å². The van der Waals surface area contributed by atoms with E-state index < -0.39 is 6.04 Å². The minimum absolute atomic E-state index is 0.112. The SMILES string of the molecule is Cc1cc(C)c(CNC(=O)[C@@H](C)N)c(C)c1. The van der Waals surface area contributed by atoms with Crippen LogP contribution in [0.4, 0.5) is 0 Å². The van der Waals surface area contributed by atoms with E-state index in [1.54, 1.807) is 6.92 Å². The van der Waals surface area contributed by atoms with Gasteiger partial charge in [0.05, 0.1) is 6.04 Å². The summed E-state index contributed by atoms with van der Waals surface area (Å²) in [6, 6.07) is 3.80. The van der Waals surface area contributed by atoms with Gasteiger partial charge in [0.25, 0.3) is 0 Å². The Hall–Kier alpha value is -1.35. The van der Waals surface area contributed by atoms with Crippen molar-refractivity contribution in [3.8, 4) is 0 Å². The molecule has 0 fully saturated rings. The van der Waals surface area contributed by atoms with Crippen molar-refractivity contribution in [2.24, 2.45) is 5.73 Å². The quantitative estimate of drug-likeness (QED) is 0.812. The summed E-state index contributed by atoms with van der Waals surface area (Å²) in [5.74, 6) is -0.112. The third-order valence-corrected chi connectivity index (χ3v) is 2.69. The summed E-state index contributed by atoms with van der Waals surface area (Å²) in [6.45, 7) is 8.44. The molecule has 0 unspecified atom stereocenters. The number of carbonyl (C=O) groups excluding carboxylic acids is 1. The predicted molar refractivity (Wildman–Crippen MR) is 66.1 cm³/mol. The first kappa shape index (κ1) is 12.7. The summed E-state index contributed by atoms with van der Waals surface area (Å²) in [5, 5.41) is 2.84. The number of amides is 1. The van der Waals surface area contributed by atoms with Crippen LogP contribution in [0.1, 0.15) is 29.2 Å². The fourth-order valence-electron chi connectivity index (χ4n) is 1.83. The number of nitrogens with one attached hydrogen (secondary N) is 1. The summed E-state index contributed by atoms with van der Waals surface area (Å²) < 4.78 is 0. The zero-order valence-electron chi connectivity index (χ0n) is 10.4. The summed E-state index contributed by atoms with van der Waals surface area (Å²) in [6.07, 6.45) is 0. The summed E-state index contributed by atoms with van der Waals surface area (Å²) >= 11 is 0. The van der Waals surface area contributed by atoms with E-state index in [-0.39, 0.29) is 5.91 Å². The second kappa shape index (κ2) is 5.12. The Balaban J connectivity index is 2.78. The monoisotopic (exact) mass is 220 g/mol. The molecule has 1 rings (SSSR count). The number of benzene rings is 1. The molecule has 3 nitrogen and oxygen atoms in total. The second-order valence-corrected chi connectivity index (χ2v) is 4.38. The average Bonchev–Trinajstić information content (AvgIpc) is 2.15. The van der Waals surface area contributed by atoms with Gasteiger partial charge in [-0.3, -0.25) is 4.79 Å². The minimum atomic E-state index is -0.453. The largest absolute Gasteiger partial charge is 0.351 e. The average molecular weight is 220 g/mol. The topological polar surface area (TPSA) is 55.1 Å². The molecule has 88 valence electrons. The van der Waals surface area contributed by atoms with Crippen LogP contribution in [0, 0.1) is 20.8 Å². The molecule has 3 heteroatoms. The van der Waals surface area contributed by atoms with Gasteiger partial charge in [0.1, 0.15) is 0 Å². The van der Waals surface area contributed by atoms with E-state index >= 15 is 0 Å². The Kier molecular flexibility index (Phi) is 4.07. The number of hydrogen-bond acceptors (Lipinski definition) is 2. The van der Waals surface area contributed by atoms with Crippen LogP contribution in [-0.2, 0) is 11.3 Å². The Morgan fingerprint density at radius 3 is 2.25 bits per heavy atom. The molecule has 0 aliphatic carbocycles. The summed E-state index contributed by atoms with van der Waals surface area (Å²) in [5.41, 5.74) is 10.3. The number of carbonyl (C=O) groups is 1. The second-order valence-electron chi connectivity index (χ2n) is 4.38. The van der Waals surface area contributed by atoms with Gasteiger partial charge in [-0.25, -0.2) is 0 Å². The summed E-state index contributed by atoms with van der Waals surface area (Å²) in [7, 11) is 0. The molecule has 1 aromatic carbocycles. The van der Waals surface area contributed by atoms with Crippen molar-refractivity contribution in [1.29, 1.82) is 0 Å². The maximum atomic E-state index is 11.4. The van der Waals surface area contributed by atoms with Crippen LogP contribution in [0.25, 0.3) is 0 Å². The third kappa shape index (κ3) is 3.07. The van der Waals surface area contributed by atoms with Crippen molar-refractivity contribution >= 4 is 5.91 Å². The van der Waals surface area contributed by atoms with Crippen molar-refractivity contribution in [3.05, 3.63) is 34.4 Å². The van der Waals surface area contributed by atoms with Crippen molar-refractivity contribution in [2.45, 2.75) is 40.3 Å². The van der Waals surface area contributed by atoms with E-state index in [0.29, 0.717) is 6.54 Å². The molecule has 1 amide bonds. The molecule has 16 heavy (non-hydrogen) atoms. The first-order valence-electron chi connectivity index (χ1n) is 5.52. The van der Waals surface area contributed by atoms with Gasteiger partial charge in [-0.05, 0) is 44.4 Å². The minimum Gasteiger partial charge on any atom is -0.351 e. The molecule has 0 saturated heterocycles. The highest BCUT2D eigenvalue weighted by Crippen LogP contribution is 2.15. The van der Waals surface area contributed by atoms with Gasteiger partial charge < -0.3 is 11.1 Å². The molecule has 3 N–H and O–H groups in total. The fourth-order valence-corrected chi connectivity index (χ4v) is 1.83. The van der Waals surface area contributed by atoms with Gasteiger partial charge >= 0.3 is 0 Å². The van der Waals surface area contributed by atoms with Gasteiger partial charge in [0.15, 0.2) is 0 Å². The Bertz CT molecular complexity index is 374. The number of aryl methyl sites for hydroxylation is 3. The maximum absolute atomic E-state index is 11.4. The zero-order valence-corrected chi connectivity index (χ0v) is 10.4. The van der Waals surface area contributed by atoms with E-state index in [0.717, 1.165) is 0 Å². The maximum Gasteiger partial charge on any atom is 0.236 e. The fraction of sp³-hybridized carbons (Fsp3) is 0.462. The van der Waals surface area contributed by atoms with Gasteiger partial charge in [-0.2, -0.15) is 0 Å². The highest BCUT2D eigenvalue weighted by molar-refractivity contribution is 5.81. The zero-order chi connectivity index (χ0) is 12.3. The lowest BCUT2D eigenvalue weighted by molar-refractivity contribution is -0.122. The predicted octanol–water partition coefficient (Wildman–Crippen LogP) is 1.58. The van der Waals surface area contributed by atoms with Crippen LogP contribution in [-0.4, -0.2) is 11.9 Å². The van der Waals surface area contributed by atoms with Crippen molar-refractivity contribution in [2.75, 3.05) is 0 Å². The lowest BCUT2D eigenvalue weighted by Crippen LogP contribution is -2.38. The molecule has 0 aliphatic heterocycles. The molecule has 0 saturated carbocycles. The van der Waals surface area contributed by atoms with Crippen LogP contribution >= 0.6 is 0 Å². The molecule has 0 heterocycles. The molecule has 0 radical (unpaired) electrons. The van der Waals surface area contributed by atoms with Crippen LogP contribution < -0.4 is 11.1 Å². The first-order chi connectivity index (χ1) is 7.41. The van der Waals surface area contributed by atoms with Gasteiger partial charge in [-0.15, -0.1) is 0 Å². The lowest BCUT2D eigenvalue weighted by atomic mass is 10.00. The van der Waals surface area contributed by atoms with Gasteiger partial charge in [-0.1, -0.05) is 17.7 Å². The third-order valence-electron chi connectivity index (χ3n) is 2.69. The van der Waals surface area contributed by atoms with Crippen LogP contribution in [0.3, 0.4) is 0 Å². The first-order valence-corrected chi connectivity index (χ1v) is 5.52. The molecule has 0 spiro atoms. The standard InChI is InChI=1S/C13H20N2O/c1-8-5-9(2)12(10(3)6-8)7-15-13(16)11(4)14/h5-6,11H,7,14H2,1-4H3,(H,15,16)/t11-/m1/s1. The number of nitrogens with two attached hydrogens (primary N) is 1. The highest BCUT2D eigenvalue weighted by Gasteiger charge is 2.09. The molecule has 0 aromatic heterocycles. The Morgan fingerprint density at radius 1 is 1.31 bits per heavy atom. The molecule has 0 bridgehead atoms. The molecule has 1 aromatic rings. The molecular weight excluding hydrogens is 200 g/mol. The van der Waals surface area contributed by atoms with Crippen LogP contribution in [0.5, 0.6) is 0 Å². The van der Waals surface area contributed by atoms with Crippen molar-refractivity contribution in [3.63, 3.8) is 0 Å². The van der Waals surface area contributed by atoms with Crippen molar-refractivity contribution < 1.29 is 4.79 Å². The van der Waals surface area contributed by atoms with E-state index in [1.165, 1.54) is 22.3 Å². The summed E-state index contributed by atoms with van der Waals surface area (Å²) in [4.78, 5) is 11.4. The van der Waals surface area contributed by atoms with Crippen molar-refractivity contribution in [1.82, 2.24) is 5.32 Å². The normalized spacial score (nSPS) is 12.3. The molecule has 0 aliphatic rings. The molecular formula is C13H20N2O. The Morgan fingerprint density at radius 2 is 1.81 bits per heavy atom. The number of rotatable bonds is 3. The smallest absolute Gasteiger partial charge is 0.236 e. The molecule has 1 atom stereocenters. The van der Waals surface area contributed by atoms with E-state index in [1.807, 2.05) is 0 Å². The van der Waals surface area contributed by atoms with Crippen LogP contribution in [0.2, 0.25) is 0 Å².